The quantitative estimate of drug-likeness (QED) is 0.674. The molecule has 12 heavy (non-hydrogen) atoms. The SMILES string of the molecule is Cc1cc2c(I)ccnc2n1C. The molecule has 2 heterocycles. The summed E-state index contributed by atoms with van der Waals surface area (Å²) in [5.74, 6) is 0. The Balaban J connectivity index is 2.95. The predicted molar refractivity (Wildman–Crippen MR) is 58.2 cm³/mol. The lowest BCUT2D eigenvalue weighted by Gasteiger charge is -1.96. The van der Waals surface area contributed by atoms with Crippen molar-refractivity contribution in [3.63, 3.8) is 0 Å². The van der Waals surface area contributed by atoms with Crippen molar-refractivity contribution in [2.45, 2.75) is 6.92 Å². The maximum atomic E-state index is 4.32. The van der Waals surface area contributed by atoms with Crippen LogP contribution in [0.3, 0.4) is 0 Å². The Bertz CT molecular complexity index is 431. The molecule has 0 radical (unpaired) electrons. The second-order valence-corrected chi connectivity index (χ2v) is 4.04. The number of aryl methyl sites for hydroxylation is 2. The van der Waals surface area contributed by atoms with Crippen LogP contribution in [0.5, 0.6) is 0 Å². The summed E-state index contributed by atoms with van der Waals surface area (Å²) < 4.78 is 3.37. The van der Waals surface area contributed by atoms with Crippen LogP contribution in [0.25, 0.3) is 11.0 Å². The van der Waals surface area contributed by atoms with E-state index >= 15 is 0 Å². The first kappa shape index (κ1) is 8.04. The Hall–Kier alpha value is -0.580. The van der Waals surface area contributed by atoms with Gasteiger partial charge in [-0.15, -0.1) is 0 Å². The molecule has 3 heteroatoms. The maximum Gasteiger partial charge on any atom is 0.140 e. The molecule has 0 aliphatic carbocycles. The van der Waals surface area contributed by atoms with Crippen LogP contribution in [0.2, 0.25) is 0 Å². The van der Waals surface area contributed by atoms with Gasteiger partial charge in [0.1, 0.15) is 5.65 Å². The van der Waals surface area contributed by atoms with Gasteiger partial charge in [-0.3, -0.25) is 0 Å². The predicted octanol–water partition coefficient (Wildman–Crippen LogP) is 2.49. The molecule has 0 aliphatic rings. The first-order valence-corrected chi connectivity index (χ1v) is 4.84. The van der Waals surface area contributed by atoms with Gasteiger partial charge in [-0.05, 0) is 41.6 Å². The fourth-order valence-electron chi connectivity index (χ4n) is 1.31. The topological polar surface area (TPSA) is 17.8 Å². The number of fused-ring (bicyclic) bond motifs is 1. The largest absolute Gasteiger partial charge is 0.333 e. The molecule has 2 aromatic rings. The highest BCUT2D eigenvalue weighted by Gasteiger charge is 2.04. The van der Waals surface area contributed by atoms with Crippen LogP contribution in [0, 0.1) is 10.5 Å². The van der Waals surface area contributed by atoms with E-state index in [1.165, 1.54) is 14.7 Å². The third kappa shape index (κ3) is 1.03. The Morgan fingerprint density at radius 1 is 1.50 bits per heavy atom. The summed E-state index contributed by atoms with van der Waals surface area (Å²) in [5, 5.41) is 1.25. The van der Waals surface area contributed by atoms with E-state index in [-0.39, 0.29) is 0 Å². The third-order valence-corrected chi connectivity index (χ3v) is 3.06. The van der Waals surface area contributed by atoms with Gasteiger partial charge in [-0.1, -0.05) is 0 Å². The van der Waals surface area contributed by atoms with Crippen LogP contribution in [0.15, 0.2) is 18.3 Å². The first-order chi connectivity index (χ1) is 5.70. The van der Waals surface area contributed by atoms with E-state index < -0.39 is 0 Å². The summed E-state index contributed by atoms with van der Waals surface area (Å²) in [7, 11) is 2.04. The summed E-state index contributed by atoms with van der Waals surface area (Å²) in [5.41, 5.74) is 2.32. The van der Waals surface area contributed by atoms with Crippen molar-refractivity contribution in [3.05, 3.63) is 27.6 Å². The third-order valence-electron chi connectivity index (χ3n) is 2.12. The zero-order chi connectivity index (χ0) is 8.72. The van der Waals surface area contributed by atoms with Gasteiger partial charge in [0.05, 0.1) is 0 Å². The van der Waals surface area contributed by atoms with E-state index in [2.05, 4.69) is 45.1 Å². The van der Waals surface area contributed by atoms with Gasteiger partial charge < -0.3 is 4.57 Å². The molecule has 0 N–H and O–H groups in total. The number of hydrogen-bond acceptors (Lipinski definition) is 1. The number of rotatable bonds is 0. The average molecular weight is 272 g/mol. The molecule has 0 aliphatic heterocycles. The van der Waals surface area contributed by atoms with Crippen molar-refractivity contribution in [1.82, 2.24) is 9.55 Å². The molecule has 0 bridgehead atoms. The van der Waals surface area contributed by atoms with Crippen LogP contribution in [-0.4, -0.2) is 9.55 Å². The molecule has 0 fully saturated rings. The smallest absolute Gasteiger partial charge is 0.140 e. The molecule has 0 atom stereocenters. The van der Waals surface area contributed by atoms with E-state index in [0.29, 0.717) is 0 Å². The van der Waals surface area contributed by atoms with Gasteiger partial charge >= 0.3 is 0 Å². The summed E-state index contributed by atoms with van der Waals surface area (Å²) in [6.07, 6.45) is 1.85. The van der Waals surface area contributed by atoms with Gasteiger partial charge in [0.25, 0.3) is 0 Å². The highest BCUT2D eigenvalue weighted by Crippen LogP contribution is 2.20. The van der Waals surface area contributed by atoms with Gasteiger partial charge in [-0.2, -0.15) is 0 Å². The van der Waals surface area contributed by atoms with Crippen LogP contribution >= 0.6 is 22.6 Å². The number of pyridine rings is 1. The summed E-state index contributed by atoms with van der Waals surface area (Å²) in [4.78, 5) is 4.32. The number of halogens is 1. The first-order valence-electron chi connectivity index (χ1n) is 3.76. The summed E-state index contributed by atoms with van der Waals surface area (Å²) in [6, 6.07) is 4.20. The van der Waals surface area contributed by atoms with Crippen molar-refractivity contribution >= 4 is 33.6 Å². The highest BCUT2D eigenvalue weighted by molar-refractivity contribution is 14.1. The van der Waals surface area contributed by atoms with E-state index in [9.17, 15) is 0 Å². The minimum Gasteiger partial charge on any atom is -0.333 e. The van der Waals surface area contributed by atoms with E-state index in [1.54, 1.807) is 0 Å². The normalized spacial score (nSPS) is 10.9. The Morgan fingerprint density at radius 2 is 2.25 bits per heavy atom. The zero-order valence-corrected chi connectivity index (χ0v) is 9.16. The molecule has 62 valence electrons. The van der Waals surface area contributed by atoms with E-state index in [4.69, 9.17) is 0 Å². The van der Waals surface area contributed by atoms with Crippen LogP contribution < -0.4 is 0 Å². The van der Waals surface area contributed by atoms with Crippen molar-refractivity contribution in [3.8, 4) is 0 Å². The lowest BCUT2D eigenvalue weighted by Crippen LogP contribution is -1.91. The average Bonchev–Trinajstić information content (AvgIpc) is 2.32. The van der Waals surface area contributed by atoms with Gasteiger partial charge in [0.2, 0.25) is 0 Å². The second kappa shape index (κ2) is 2.73. The fourth-order valence-corrected chi connectivity index (χ4v) is 1.87. The molecule has 0 saturated carbocycles. The number of nitrogens with zero attached hydrogens (tertiary/aromatic N) is 2. The lowest BCUT2D eigenvalue weighted by atomic mass is 10.3. The molecule has 2 nitrogen and oxygen atoms in total. The Labute approximate surface area is 84.7 Å². The van der Waals surface area contributed by atoms with Gasteiger partial charge in [0, 0.05) is 27.9 Å². The minimum atomic E-state index is 1.07. The van der Waals surface area contributed by atoms with Crippen molar-refractivity contribution < 1.29 is 0 Å². The molecular weight excluding hydrogens is 263 g/mol. The van der Waals surface area contributed by atoms with Crippen molar-refractivity contribution in [1.29, 1.82) is 0 Å². The Morgan fingerprint density at radius 3 is 2.92 bits per heavy atom. The summed E-state index contributed by atoms with van der Waals surface area (Å²) in [6.45, 7) is 2.09. The summed E-state index contributed by atoms with van der Waals surface area (Å²) >= 11 is 2.33. The molecule has 2 aromatic heterocycles. The standard InChI is InChI=1S/C9H9IN2/c1-6-5-7-8(10)3-4-11-9(7)12(6)2/h3-5H,1-2H3. The molecule has 2 rings (SSSR count). The molecule has 0 aromatic carbocycles. The Kier molecular flexibility index (Phi) is 1.83. The zero-order valence-electron chi connectivity index (χ0n) is 7.00. The fraction of sp³-hybridized carbons (Fsp3) is 0.222. The second-order valence-electron chi connectivity index (χ2n) is 2.87. The molecule has 0 amide bonds. The molecule has 0 spiro atoms. The van der Waals surface area contributed by atoms with Crippen molar-refractivity contribution in [2.24, 2.45) is 7.05 Å². The number of hydrogen-bond donors (Lipinski definition) is 0. The maximum absolute atomic E-state index is 4.32. The monoisotopic (exact) mass is 272 g/mol. The van der Waals surface area contributed by atoms with Crippen LogP contribution in [0.1, 0.15) is 5.69 Å². The highest BCUT2D eigenvalue weighted by atomic mass is 127. The molecule has 0 unspecified atom stereocenters. The van der Waals surface area contributed by atoms with Crippen LogP contribution in [0.4, 0.5) is 0 Å². The molecular formula is C9H9IN2. The van der Waals surface area contributed by atoms with Gasteiger partial charge in [-0.25, -0.2) is 4.98 Å². The lowest BCUT2D eigenvalue weighted by molar-refractivity contribution is 0.902. The van der Waals surface area contributed by atoms with E-state index in [0.717, 1.165) is 5.65 Å². The van der Waals surface area contributed by atoms with Crippen LogP contribution in [-0.2, 0) is 7.05 Å². The molecule has 0 saturated heterocycles. The minimum absolute atomic E-state index is 1.07. The number of aromatic nitrogens is 2. The van der Waals surface area contributed by atoms with E-state index in [1.807, 2.05) is 19.3 Å². The van der Waals surface area contributed by atoms with Crippen molar-refractivity contribution in [2.75, 3.05) is 0 Å². The van der Waals surface area contributed by atoms with Gasteiger partial charge in [0.15, 0.2) is 0 Å².